The zero-order chi connectivity index (χ0) is 25.1. The second kappa shape index (κ2) is 10.3. The van der Waals surface area contributed by atoms with Gasteiger partial charge in [0.05, 0.1) is 24.7 Å². The molecule has 0 spiro atoms. The molecular weight excluding hydrogens is 450 g/mol. The average molecular weight is 482 g/mol. The van der Waals surface area contributed by atoms with E-state index in [4.69, 9.17) is 14.5 Å². The number of carbonyl (C=O) groups excluding carboxylic acids is 1. The number of aryl methyl sites for hydroxylation is 1. The fourth-order valence-corrected chi connectivity index (χ4v) is 4.94. The van der Waals surface area contributed by atoms with Crippen LogP contribution >= 0.6 is 0 Å². The van der Waals surface area contributed by atoms with E-state index in [9.17, 15) is 4.79 Å². The molecule has 0 radical (unpaired) electrons. The number of amides is 1. The topological polar surface area (TPSA) is 56.6 Å². The number of para-hydroxylation sites is 2. The Bertz CT molecular complexity index is 1410. The van der Waals surface area contributed by atoms with Crippen molar-refractivity contribution >= 4 is 22.6 Å². The largest absolute Gasteiger partial charge is 0.493 e. The van der Waals surface area contributed by atoms with E-state index in [1.54, 1.807) is 7.11 Å². The van der Waals surface area contributed by atoms with Crippen LogP contribution in [0.25, 0.3) is 11.0 Å². The Kier molecular flexibility index (Phi) is 6.76. The monoisotopic (exact) mass is 481 g/mol. The summed E-state index contributed by atoms with van der Waals surface area (Å²) in [5, 5.41) is 0. The van der Waals surface area contributed by atoms with Crippen molar-refractivity contribution in [3.05, 3.63) is 96.3 Å². The SMILES string of the molecule is C=CCc1ccc(OCCn2c([C@@H]3CC(=O)N(c4cccc(C)c4)C3)nc3ccccc32)c(OC)c1. The molecule has 1 aromatic heterocycles. The molecule has 1 saturated heterocycles. The highest BCUT2D eigenvalue weighted by atomic mass is 16.5. The zero-order valence-electron chi connectivity index (χ0n) is 20.8. The quantitative estimate of drug-likeness (QED) is 0.289. The fraction of sp³-hybridized carbons (Fsp3) is 0.267. The molecule has 0 unspecified atom stereocenters. The Morgan fingerprint density at radius 2 is 1.94 bits per heavy atom. The summed E-state index contributed by atoms with van der Waals surface area (Å²) >= 11 is 0. The number of hydrogen-bond acceptors (Lipinski definition) is 4. The minimum absolute atomic E-state index is 0.0122. The van der Waals surface area contributed by atoms with E-state index >= 15 is 0 Å². The number of carbonyl (C=O) groups is 1. The highest BCUT2D eigenvalue weighted by molar-refractivity contribution is 5.96. The molecule has 6 nitrogen and oxygen atoms in total. The first-order chi connectivity index (χ1) is 17.6. The summed E-state index contributed by atoms with van der Waals surface area (Å²) in [4.78, 5) is 19.8. The lowest BCUT2D eigenvalue weighted by molar-refractivity contribution is -0.117. The first kappa shape index (κ1) is 23.7. The normalized spacial score (nSPS) is 15.4. The van der Waals surface area contributed by atoms with Gasteiger partial charge >= 0.3 is 0 Å². The van der Waals surface area contributed by atoms with Crippen molar-refractivity contribution in [2.75, 3.05) is 25.2 Å². The molecule has 1 atom stereocenters. The van der Waals surface area contributed by atoms with Crippen LogP contribution in [-0.4, -0.2) is 35.7 Å². The number of allylic oxidation sites excluding steroid dienone is 1. The number of ether oxygens (including phenoxy) is 2. The number of fused-ring (bicyclic) bond motifs is 1. The number of imidazole rings is 1. The second-order valence-electron chi connectivity index (χ2n) is 9.18. The van der Waals surface area contributed by atoms with E-state index in [0.29, 0.717) is 37.6 Å². The third kappa shape index (κ3) is 4.71. The van der Waals surface area contributed by atoms with E-state index in [2.05, 4.69) is 23.3 Å². The van der Waals surface area contributed by atoms with Crippen molar-refractivity contribution in [2.45, 2.75) is 32.2 Å². The minimum Gasteiger partial charge on any atom is -0.493 e. The lowest BCUT2D eigenvalue weighted by atomic mass is 10.1. The number of rotatable bonds is 9. The van der Waals surface area contributed by atoms with Gasteiger partial charge in [-0.05, 0) is 60.9 Å². The predicted molar refractivity (Wildman–Crippen MR) is 143 cm³/mol. The molecule has 36 heavy (non-hydrogen) atoms. The number of nitrogens with zero attached hydrogens (tertiary/aromatic N) is 3. The van der Waals surface area contributed by atoms with E-state index in [-0.39, 0.29) is 11.8 Å². The van der Waals surface area contributed by atoms with Crippen LogP contribution in [0, 0.1) is 6.92 Å². The summed E-state index contributed by atoms with van der Waals surface area (Å²) in [6.45, 7) is 7.53. The van der Waals surface area contributed by atoms with Crippen LogP contribution in [0.5, 0.6) is 11.5 Å². The number of methoxy groups -OCH3 is 1. The summed E-state index contributed by atoms with van der Waals surface area (Å²) in [5.74, 6) is 2.48. The third-order valence-electron chi connectivity index (χ3n) is 6.67. The lowest BCUT2D eigenvalue weighted by Gasteiger charge is -2.18. The van der Waals surface area contributed by atoms with Gasteiger partial charge in [-0.2, -0.15) is 0 Å². The summed E-state index contributed by atoms with van der Waals surface area (Å²) in [6.07, 6.45) is 3.09. The summed E-state index contributed by atoms with van der Waals surface area (Å²) in [6, 6.07) is 22.2. The highest BCUT2D eigenvalue weighted by Crippen LogP contribution is 2.34. The molecule has 1 aliphatic rings. The maximum atomic E-state index is 13.0. The van der Waals surface area contributed by atoms with Gasteiger partial charge in [0.1, 0.15) is 12.4 Å². The number of anilines is 1. The molecule has 4 aromatic rings. The van der Waals surface area contributed by atoms with E-state index in [1.807, 2.05) is 72.5 Å². The van der Waals surface area contributed by atoms with Crippen molar-refractivity contribution in [1.29, 1.82) is 0 Å². The van der Waals surface area contributed by atoms with E-state index < -0.39 is 0 Å². The van der Waals surface area contributed by atoms with Crippen molar-refractivity contribution in [2.24, 2.45) is 0 Å². The first-order valence-corrected chi connectivity index (χ1v) is 12.3. The van der Waals surface area contributed by atoms with Crippen LogP contribution in [0.2, 0.25) is 0 Å². The zero-order valence-corrected chi connectivity index (χ0v) is 20.8. The van der Waals surface area contributed by atoms with Gasteiger partial charge in [-0.15, -0.1) is 6.58 Å². The molecule has 6 heteroatoms. The van der Waals surface area contributed by atoms with E-state index in [1.165, 1.54) is 0 Å². The molecule has 1 fully saturated rings. The van der Waals surface area contributed by atoms with Gasteiger partial charge in [-0.1, -0.05) is 36.4 Å². The van der Waals surface area contributed by atoms with E-state index in [0.717, 1.165) is 40.1 Å². The predicted octanol–water partition coefficient (Wildman–Crippen LogP) is 5.68. The maximum absolute atomic E-state index is 13.0. The standard InChI is InChI=1S/C30H31N3O3/c1-4-8-22-13-14-27(28(18-22)35-3)36-16-15-32-26-12-6-5-11-25(26)31-30(32)23-19-29(34)33(20-23)24-10-7-9-21(2)17-24/h4-7,9-14,17-18,23H,1,8,15-16,19-20H2,2-3H3/t23-/m1/s1. The summed E-state index contributed by atoms with van der Waals surface area (Å²) in [7, 11) is 1.65. The lowest BCUT2D eigenvalue weighted by Crippen LogP contribution is -2.24. The first-order valence-electron chi connectivity index (χ1n) is 12.3. The third-order valence-corrected chi connectivity index (χ3v) is 6.67. The summed E-state index contributed by atoms with van der Waals surface area (Å²) < 4.78 is 13.9. The molecule has 1 aliphatic heterocycles. The van der Waals surface area contributed by atoms with Gasteiger partial charge in [0.2, 0.25) is 5.91 Å². The molecule has 0 N–H and O–H groups in total. The highest BCUT2D eigenvalue weighted by Gasteiger charge is 2.34. The Morgan fingerprint density at radius 3 is 2.75 bits per heavy atom. The Morgan fingerprint density at radius 1 is 1.08 bits per heavy atom. The number of benzene rings is 3. The molecule has 3 aromatic carbocycles. The fourth-order valence-electron chi connectivity index (χ4n) is 4.94. The minimum atomic E-state index is 0.0122. The van der Waals surface area contributed by atoms with Crippen LogP contribution in [0.15, 0.2) is 79.4 Å². The molecule has 184 valence electrons. The summed E-state index contributed by atoms with van der Waals surface area (Å²) in [5.41, 5.74) is 5.19. The van der Waals surface area contributed by atoms with Crippen LogP contribution in [0.3, 0.4) is 0 Å². The second-order valence-corrected chi connectivity index (χ2v) is 9.18. The van der Waals surface area contributed by atoms with Crippen LogP contribution < -0.4 is 14.4 Å². The van der Waals surface area contributed by atoms with Crippen molar-refractivity contribution in [1.82, 2.24) is 9.55 Å². The van der Waals surface area contributed by atoms with Gasteiger partial charge in [-0.3, -0.25) is 4.79 Å². The van der Waals surface area contributed by atoms with Crippen LogP contribution in [0.4, 0.5) is 5.69 Å². The molecule has 2 heterocycles. The molecule has 0 aliphatic carbocycles. The number of aromatic nitrogens is 2. The average Bonchev–Trinajstić information content (AvgIpc) is 3.45. The molecule has 1 amide bonds. The number of hydrogen-bond donors (Lipinski definition) is 0. The van der Waals surface area contributed by atoms with Gasteiger partial charge in [0, 0.05) is 24.6 Å². The molecule has 0 saturated carbocycles. The smallest absolute Gasteiger partial charge is 0.227 e. The molecule has 5 rings (SSSR count). The molecule has 0 bridgehead atoms. The van der Waals surface area contributed by atoms with Gasteiger partial charge in [-0.25, -0.2) is 4.98 Å². The Labute approximate surface area is 211 Å². The van der Waals surface area contributed by atoms with Crippen LogP contribution in [-0.2, 0) is 17.8 Å². The van der Waals surface area contributed by atoms with Gasteiger partial charge < -0.3 is 18.9 Å². The van der Waals surface area contributed by atoms with Crippen molar-refractivity contribution in [3.63, 3.8) is 0 Å². The van der Waals surface area contributed by atoms with Crippen molar-refractivity contribution < 1.29 is 14.3 Å². The van der Waals surface area contributed by atoms with Gasteiger partial charge in [0.15, 0.2) is 11.5 Å². The Balaban J connectivity index is 1.38. The Hall–Kier alpha value is -4.06. The molecular formula is C30H31N3O3. The van der Waals surface area contributed by atoms with Gasteiger partial charge in [0.25, 0.3) is 0 Å². The van der Waals surface area contributed by atoms with Crippen molar-refractivity contribution in [3.8, 4) is 11.5 Å². The van der Waals surface area contributed by atoms with Crippen LogP contribution in [0.1, 0.15) is 29.3 Å². The maximum Gasteiger partial charge on any atom is 0.227 e.